The van der Waals surface area contributed by atoms with Gasteiger partial charge in [0.15, 0.2) is 0 Å². The molecular formula is C10H9ClN2OS. The van der Waals surface area contributed by atoms with Gasteiger partial charge in [-0.3, -0.25) is 4.98 Å². The van der Waals surface area contributed by atoms with E-state index < -0.39 is 6.10 Å². The zero-order valence-corrected chi connectivity index (χ0v) is 9.59. The molecule has 1 unspecified atom stereocenters. The molecule has 0 aliphatic rings. The van der Waals surface area contributed by atoms with E-state index in [1.54, 1.807) is 19.2 Å². The summed E-state index contributed by atoms with van der Waals surface area (Å²) in [4.78, 5) is 8.43. The van der Waals surface area contributed by atoms with Crippen LogP contribution in [0.4, 0.5) is 0 Å². The Morgan fingerprint density at radius 3 is 2.80 bits per heavy atom. The van der Waals surface area contributed by atoms with Crippen molar-refractivity contribution in [2.24, 2.45) is 0 Å². The smallest absolute Gasteiger partial charge is 0.142 e. The predicted molar refractivity (Wildman–Crippen MR) is 61.0 cm³/mol. The third-order valence-electron chi connectivity index (χ3n) is 1.90. The van der Waals surface area contributed by atoms with Gasteiger partial charge in [-0.05, 0) is 19.1 Å². The van der Waals surface area contributed by atoms with E-state index in [-0.39, 0.29) is 0 Å². The number of pyridine rings is 1. The van der Waals surface area contributed by atoms with Gasteiger partial charge in [0.25, 0.3) is 0 Å². The second-order valence-electron chi connectivity index (χ2n) is 3.12. The van der Waals surface area contributed by atoms with Gasteiger partial charge in [0.2, 0.25) is 0 Å². The van der Waals surface area contributed by atoms with Crippen molar-refractivity contribution in [2.75, 3.05) is 0 Å². The molecule has 0 aliphatic heterocycles. The molecule has 0 saturated heterocycles. The number of halogens is 1. The molecule has 0 amide bonds. The molecule has 2 aromatic heterocycles. The summed E-state index contributed by atoms with van der Waals surface area (Å²) in [6.07, 6.45) is 1.04. The summed E-state index contributed by atoms with van der Waals surface area (Å²) in [5, 5.41) is 12.6. The fourth-order valence-electron chi connectivity index (χ4n) is 1.10. The van der Waals surface area contributed by atoms with Gasteiger partial charge in [0, 0.05) is 11.6 Å². The van der Waals surface area contributed by atoms with Crippen LogP contribution in [0.5, 0.6) is 0 Å². The first-order valence-electron chi connectivity index (χ1n) is 4.42. The van der Waals surface area contributed by atoms with E-state index in [9.17, 15) is 5.11 Å². The molecule has 0 spiro atoms. The fraction of sp³-hybridized carbons (Fsp3) is 0.200. The van der Waals surface area contributed by atoms with Crippen molar-refractivity contribution in [3.8, 4) is 10.7 Å². The highest BCUT2D eigenvalue weighted by molar-refractivity contribution is 7.13. The van der Waals surface area contributed by atoms with Gasteiger partial charge >= 0.3 is 0 Å². The van der Waals surface area contributed by atoms with Gasteiger partial charge in [0.05, 0.1) is 22.5 Å². The Morgan fingerprint density at radius 1 is 1.47 bits per heavy atom. The number of thiazole rings is 1. The lowest BCUT2D eigenvalue weighted by Crippen LogP contribution is -1.90. The maximum Gasteiger partial charge on any atom is 0.142 e. The number of aliphatic hydroxyl groups is 1. The molecule has 1 N–H and O–H groups in total. The van der Waals surface area contributed by atoms with Crippen LogP contribution in [0, 0.1) is 0 Å². The maximum absolute atomic E-state index is 9.33. The monoisotopic (exact) mass is 240 g/mol. The standard InChI is InChI=1S/C10H9ClN2OS/c1-6(14)9-5-15-10(13-9)8-3-2-7(11)4-12-8/h2-6,14H,1H3. The van der Waals surface area contributed by atoms with Crippen molar-refractivity contribution in [3.05, 3.63) is 34.4 Å². The molecule has 0 fully saturated rings. The summed E-state index contributed by atoms with van der Waals surface area (Å²) in [5.74, 6) is 0. The predicted octanol–water partition coefficient (Wildman–Crippen LogP) is 2.91. The van der Waals surface area contributed by atoms with E-state index in [0.29, 0.717) is 10.7 Å². The molecular weight excluding hydrogens is 232 g/mol. The summed E-state index contributed by atoms with van der Waals surface area (Å²) in [7, 11) is 0. The Labute approximate surface area is 96.4 Å². The zero-order chi connectivity index (χ0) is 10.8. The molecule has 2 heterocycles. The number of aliphatic hydroxyl groups excluding tert-OH is 1. The van der Waals surface area contributed by atoms with Gasteiger partial charge in [-0.25, -0.2) is 4.98 Å². The zero-order valence-electron chi connectivity index (χ0n) is 8.01. The normalized spacial score (nSPS) is 12.7. The molecule has 15 heavy (non-hydrogen) atoms. The first kappa shape index (κ1) is 10.5. The quantitative estimate of drug-likeness (QED) is 0.878. The number of rotatable bonds is 2. The number of nitrogens with zero attached hydrogens (tertiary/aromatic N) is 2. The van der Waals surface area contributed by atoms with Crippen molar-refractivity contribution < 1.29 is 5.11 Å². The highest BCUT2D eigenvalue weighted by atomic mass is 35.5. The largest absolute Gasteiger partial charge is 0.387 e. The van der Waals surface area contributed by atoms with Crippen LogP contribution in [0.2, 0.25) is 5.02 Å². The second-order valence-corrected chi connectivity index (χ2v) is 4.41. The van der Waals surface area contributed by atoms with Gasteiger partial charge in [-0.2, -0.15) is 0 Å². The molecule has 2 aromatic rings. The van der Waals surface area contributed by atoms with Crippen molar-refractivity contribution in [1.29, 1.82) is 0 Å². The molecule has 3 nitrogen and oxygen atoms in total. The maximum atomic E-state index is 9.33. The van der Waals surface area contributed by atoms with Crippen LogP contribution in [0.25, 0.3) is 10.7 Å². The minimum absolute atomic E-state index is 0.540. The van der Waals surface area contributed by atoms with E-state index in [0.717, 1.165) is 10.7 Å². The minimum Gasteiger partial charge on any atom is -0.387 e. The third-order valence-corrected chi connectivity index (χ3v) is 3.00. The van der Waals surface area contributed by atoms with Crippen LogP contribution < -0.4 is 0 Å². The fourth-order valence-corrected chi connectivity index (χ4v) is 2.09. The van der Waals surface area contributed by atoms with Crippen LogP contribution in [0.15, 0.2) is 23.7 Å². The minimum atomic E-state index is -0.540. The van der Waals surface area contributed by atoms with Crippen LogP contribution in [0.1, 0.15) is 18.7 Å². The number of hydrogen-bond donors (Lipinski definition) is 1. The Hall–Kier alpha value is -0.970. The Balaban J connectivity index is 2.33. The Morgan fingerprint density at radius 2 is 2.27 bits per heavy atom. The summed E-state index contributed by atoms with van der Waals surface area (Å²) in [5.41, 5.74) is 1.45. The molecule has 0 saturated carbocycles. The van der Waals surface area contributed by atoms with E-state index in [4.69, 9.17) is 11.6 Å². The van der Waals surface area contributed by atoms with Crippen LogP contribution in [-0.4, -0.2) is 15.1 Å². The van der Waals surface area contributed by atoms with Gasteiger partial charge in [-0.15, -0.1) is 11.3 Å². The van der Waals surface area contributed by atoms with E-state index in [2.05, 4.69) is 9.97 Å². The number of aromatic nitrogens is 2. The van der Waals surface area contributed by atoms with E-state index in [1.165, 1.54) is 11.3 Å². The van der Waals surface area contributed by atoms with E-state index in [1.807, 2.05) is 11.4 Å². The van der Waals surface area contributed by atoms with E-state index >= 15 is 0 Å². The first-order valence-corrected chi connectivity index (χ1v) is 5.68. The van der Waals surface area contributed by atoms with Crippen LogP contribution >= 0.6 is 22.9 Å². The molecule has 2 rings (SSSR count). The summed E-state index contributed by atoms with van der Waals surface area (Å²) < 4.78 is 0. The van der Waals surface area contributed by atoms with Crippen molar-refractivity contribution in [3.63, 3.8) is 0 Å². The molecule has 0 radical (unpaired) electrons. The third kappa shape index (κ3) is 2.34. The Bertz CT molecular complexity index is 453. The van der Waals surface area contributed by atoms with Crippen LogP contribution in [0.3, 0.4) is 0 Å². The van der Waals surface area contributed by atoms with Gasteiger partial charge < -0.3 is 5.11 Å². The Kier molecular flexibility index (Phi) is 3.00. The van der Waals surface area contributed by atoms with Crippen molar-refractivity contribution >= 4 is 22.9 Å². The summed E-state index contributed by atoms with van der Waals surface area (Å²) in [6.45, 7) is 1.69. The highest BCUT2D eigenvalue weighted by Crippen LogP contribution is 2.25. The molecule has 0 bridgehead atoms. The lowest BCUT2D eigenvalue weighted by atomic mass is 10.3. The average Bonchev–Trinajstić information content (AvgIpc) is 2.68. The average molecular weight is 241 g/mol. The second kappa shape index (κ2) is 4.26. The lowest BCUT2D eigenvalue weighted by molar-refractivity contribution is 0.195. The molecule has 0 aromatic carbocycles. The SMILES string of the molecule is CC(O)c1csc(-c2ccc(Cl)cn2)n1. The molecule has 1 atom stereocenters. The number of hydrogen-bond acceptors (Lipinski definition) is 4. The first-order chi connectivity index (χ1) is 7.16. The summed E-state index contributed by atoms with van der Waals surface area (Å²) >= 11 is 7.20. The molecule has 78 valence electrons. The van der Waals surface area contributed by atoms with Crippen LogP contribution in [-0.2, 0) is 0 Å². The van der Waals surface area contributed by atoms with Gasteiger partial charge in [0.1, 0.15) is 5.01 Å². The highest BCUT2D eigenvalue weighted by Gasteiger charge is 2.08. The molecule has 0 aliphatic carbocycles. The van der Waals surface area contributed by atoms with Crippen molar-refractivity contribution in [2.45, 2.75) is 13.0 Å². The molecule has 5 heteroatoms. The lowest BCUT2D eigenvalue weighted by Gasteiger charge is -1.97. The summed E-state index contributed by atoms with van der Waals surface area (Å²) in [6, 6.07) is 3.58. The van der Waals surface area contributed by atoms with Crippen molar-refractivity contribution in [1.82, 2.24) is 9.97 Å². The van der Waals surface area contributed by atoms with Gasteiger partial charge in [-0.1, -0.05) is 11.6 Å². The topological polar surface area (TPSA) is 46.0 Å².